The number of hydrogen-bond acceptors (Lipinski definition) is 4. The fraction of sp³-hybridized carbons (Fsp3) is 0.667. The second-order valence-electron chi connectivity index (χ2n) is 7.26. The second-order valence-corrected chi connectivity index (χ2v) is 7.26. The van der Waals surface area contributed by atoms with Crippen molar-refractivity contribution >= 4 is 29.9 Å². The van der Waals surface area contributed by atoms with Crippen LogP contribution in [0.2, 0.25) is 0 Å². The highest BCUT2D eigenvalue weighted by atomic mass is 127. The van der Waals surface area contributed by atoms with Crippen LogP contribution >= 0.6 is 24.0 Å². The van der Waals surface area contributed by atoms with E-state index in [9.17, 15) is 0 Å². The van der Waals surface area contributed by atoms with Crippen LogP contribution in [-0.2, 0) is 11.3 Å². The highest BCUT2D eigenvalue weighted by Crippen LogP contribution is 2.18. The third kappa shape index (κ3) is 8.96. The molecule has 2 rings (SSSR count). The monoisotopic (exact) mass is 504 g/mol. The van der Waals surface area contributed by atoms with E-state index in [1.165, 1.54) is 0 Å². The van der Waals surface area contributed by atoms with Gasteiger partial charge >= 0.3 is 0 Å². The average Bonchev–Trinajstić information content (AvgIpc) is 2.65. The van der Waals surface area contributed by atoms with Crippen LogP contribution in [0.3, 0.4) is 0 Å². The number of nitrogens with zero attached hydrogens (tertiary/aromatic N) is 2. The van der Waals surface area contributed by atoms with Crippen molar-refractivity contribution in [3.8, 4) is 5.75 Å². The quantitative estimate of drug-likeness (QED) is 0.308. The van der Waals surface area contributed by atoms with E-state index in [0.717, 1.165) is 56.6 Å². The van der Waals surface area contributed by atoms with Gasteiger partial charge in [-0.3, -0.25) is 4.90 Å². The van der Waals surface area contributed by atoms with Crippen LogP contribution < -0.4 is 15.4 Å². The van der Waals surface area contributed by atoms with Crippen LogP contribution in [0.25, 0.3) is 0 Å². The predicted molar refractivity (Wildman–Crippen MR) is 127 cm³/mol. The zero-order chi connectivity index (χ0) is 19.5. The third-order valence-electron chi connectivity index (χ3n) is 4.37. The Labute approximate surface area is 187 Å². The number of para-hydroxylation sites is 1. The lowest BCUT2D eigenvalue weighted by molar-refractivity contribution is -0.0284. The number of rotatable bonds is 9. The lowest BCUT2D eigenvalue weighted by Crippen LogP contribution is -2.50. The van der Waals surface area contributed by atoms with Crippen LogP contribution in [-0.4, -0.2) is 62.9 Å². The molecular weight excluding hydrogens is 467 g/mol. The summed E-state index contributed by atoms with van der Waals surface area (Å²) >= 11 is 0. The van der Waals surface area contributed by atoms with E-state index in [4.69, 9.17) is 14.5 Å². The minimum absolute atomic E-state index is 0. The van der Waals surface area contributed by atoms with Gasteiger partial charge in [0.15, 0.2) is 5.96 Å². The van der Waals surface area contributed by atoms with Crippen molar-refractivity contribution < 1.29 is 9.47 Å². The maximum absolute atomic E-state index is 5.93. The van der Waals surface area contributed by atoms with Gasteiger partial charge in [-0.1, -0.05) is 32.0 Å². The van der Waals surface area contributed by atoms with Gasteiger partial charge in [-0.2, -0.15) is 0 Å². The van der Waals surface area contributed by atoms with E-state index >= 15 is 0 Å². The molecule has 0 aliphatic carbocycles. The SMILES string of the molecule is CCNC(=NCc1ccccc1OCC)NCC1CN(CC(C)C)CCO1.I. The first-order chi connectivity index (χ1) is 13.1. The molecule has 1 saturated heterocycles. The molecule has 1 heterocycles. The first-order valence-electron chi connectivity index (χ1n) is 10.2. The Bertz CT molecular complexity index is 583. The van der Waals surface area contributed by atoms with Crippen molar-refractivity contribution in [1.82, 2.24) is 15.5 Å². The van der Waals surface area contributed by atoms with Gasteiger partial charge in [-0.05, 0) is 25.8 Å². The molecule has 7 heteroatoms. The van der Waals surface area contributed by atoms with E-state index in [0.29, 0.717) is 19.1 Å². The molecule has 1 atom stereocenters. The highest BCUT2D eigenvalue weighted by molar-refractivity contribution is 14.0. The zero-order valence-electron chi connectivity index (χ0n) is 17.7. The molecule has 28 heavy (non-hydrogen) atoms. The normalized spacial score (nSPS) is 17.9. The summed E-state index contributed by atoms with van der Waals surface area (Å²) in [6, 6.07) is 8.07. The molecule has 1 aliphatic heterocycles. The lowest BCUT2D eigenvalue weighted by atomic mass is 10.2. The topological polar surface area (TPSA) is 58.1 Å². The molecule has 0 saturated carbocycles. The molecule has 0 spiro atoms. The van der Waals surface area contributed by atoms with Crippen LogP contribution in [0.5, 0.6) is 5.75 Å². The fourth-order valence-electron chi connectivity index (χ4n) is 3.23. The molecule has 6 nitrogen and oxygen atoms in total. The van der Waals surface area contributed by atoms with E-state index in [1.54, 1.807) is 0 Å². The summed E-state index contributed by atoms with van der Waals surface area (Å²) in [7, 11) is 0. The van der Waals surface area contributed by atoms with Gasteiger partial charge in [0.05, 0.1) is 25.9 Å². The number of aliphatic imine (C=N–C) groups is 1. The van der Waals surface area contributed by atoms with Crippen molar-refractivity contribution in [2.75, 3.05) is 45.9 Å². The molecule has 0 aromatic heterocycles. The van der Waals surface area contributed by atoms with Crippen LogP contribution in [0.1, 0.15) is 33.3 Å². The average molecular weight is 504 g/mol. The number of halogens is 1. The zero-order valence-corrected chi connectivity index (χ0v) is 20.1. The van der Waals surface area contributed by atoms with E-state index < -0.39 is 0 Å². The molecule has 160 valence electrons. The van der Waals surface area contributed by atoms with E-state index in [1.807, 2.05) is 25.1 Å². The summed E-state index contributed by atoms with van der Waals surface area (Å²) < 4.78 is 11.6. The summed E-state index contributed by atoms with van der Waals surface area (Å²) in [6.07, 6.45) is 0.192. The number of morpholine rings is 1. The summed E-state index contributed by atoms with van der Waals surface area (Å²) in [6.45, 7) is 15.3. The molecular formula is C21H37IN4O2. The molecule has 0 radical (unpaired) electrons. The number of benzene rings is 1. The van der Waals surface area contributed by atoms with Gasteiger partial charge in [-0.25, -0.2) is 4.99 Å². The van der Waals surface area contributed by atoms with Crippen LogP contribution in [0.15, 0.2) is 29.3 Å². The first kappa shape index (κ1) is 25.0. The fourth-order valence-corrected chi connectivity index (χ4v) is 3.23. The summed E-state index contributed by atoms with van der Waals surface area (Å²) in [5, 5.41) is 6.75. The molecule has 1 aliphatic rings. The maximum atomic E-state index is 5.93. The Morgan fingerprint density at radius 3 is 2.79 bits per heavy atom. The Hall–Kier alpha value is -1.06. The highest BCUT2D eigenvalue weighted by Gasteiger charge is 2.21. The molecule has 1 aromatic carbocycles. The lowest BCUT2D eigenvalue weighted by Gasteiger charge is -2.34. The van der Waals surface area contributed by atoms with Crippen molar-refractivity contribution in [1.29, 1.82) is 0 Å². The van der Waals surface area contributed by atoms with Gasteiger partial charge < -0.3 is 20.1 Å². The van der Waals surface area contributed by atoms with Gasteiger partial charge in [-0.15, -0.1) is 24.0 Å². The van der Waals surface area contributed by atoms with Gasteiger partial charge in [0, 0.05) is 38.3 Å². The molecule has 0 bridgehead atoms. The predicted octanol–water partition coefficient (Wildman–Crippen LogP) is 3.12. The van der Waals surface area contributed by atoms with Crippen LogP contribution in [0.4, 0.5) is 0 Å². The maximum Gasteiger partial charge on any atom is 0.191 e. The Kier molecular flexibility index (Phi) is 12.5. The van der Waals surface area contributed by atoms with Gasteiger partial charge in [0.1, 0.15) is 5.75 Å². The Balaban J connectivity index is 0.00000392. The Morgan fingerprint density at radius 2 is 2.07 bits per heavy atom. The number of guanidine groups is 1. The van der Waals surface area contributed by atoms with E-state index in [-0.39, 0.29) is 30.1 Å². The number of nitrogens with one attached hydrogen (secondary N) is 2. The van der Waals surface area contributed by atoms with Crippen molar-refractivity contribution in [3.05, 3.63) is 29.8 Å². The number of hydrogen-bond donors (Lipinski definition) is 2. The Morgan fingerprint density at radius 1 is 1.29 bits per heavy atom. The smallest absolute Gasteiger partial charge is 0.191 e. The largest absolute Gasteiger partial charge is 0.494 e. The van der Waals surface area contributed by atoms with E-state index in [2.05, 4.69) is 42.4 Å². The standard InChI is InChI=1S/C21H36N4O2.HI/c1-5-22-21(23-13-18-9-7-8-10-20(18)26-6-2)24-14-19-16-25(11-12-27-19)15-17(3)4;/h7-10,17,19H,5-6,11-16H2,1-4H3,(H2,22,23,24);1H. The van der Waals surface area contributed by atoms with Crippen molar-refractivity contribution in [3.63, 3.8) is 0 Å². The third-order valence-corrected chi connectivity index (χ3v) is 4.37. The van der Waals surface area contributed by atoms with Gasteiger partial charge in [0.2, 0.25) is 0 Å². The minimum Gasteiger partial charge on any atom is -0.494 e. The summed E-state index contributed by atoms with van der Waals surface area (Å²) in [5.41, 5.74) is 1.09. The van der Waals surface area contributed by atoms with Crippen molar-refractivity contribution in [2.45, 2.75) is 40.3 Å². The summed E-state index contributed by atoms with van der Waals surface area (Å²) in [5.74, 6) is 2.40. The minimum atomic E-state index is 0. The molecule has 2 N–H and O–H groups in total. The van der Waals surface area contributed by atoms with Crippen molar-refractivity contribution in [2.24, 2.45) is 10.9 Å². The molecule has 1 aromatic rings. The van der Waals surface area contributed by atoms with Crippen LogP contribution in [0, 0.1) is 5.92 Å². The molecule has 0 amide bonds. The second kappa shape index (κ2) is 14.0. The number of ether oxygens (including phenoxy) is 2. The van der Waals surface area contributed by atoms with Gasteiger partial charge in [0.25, 0.3) is 0 Å². The molecule has 1 unspecified atom stereocenters. The first-order valence-corrected chi connectivity index (χ1v) is 10.2. The summed E-state index contributed by atoms with van der Waals surface area (Å²) in [4.78, 5) is 7.21. The molecule has 1 fully saturated rings.